The molecule has 1 aromatic carbocycles. The van der Waals surface area contributed by atoms with Gasteiger partial charge >= 0.3 is 6.18 Å². The van der Waals surface area contributed by atoms with Crippen molar-refractivity contribution in [3.05, 3.63) is 58.9 Å². The van der Waals surface area contributed by atoms with Crippen molar-refractivity contribution in [2.24, 2.45) is 0 Å². The molecule has 1 heterocycles. The summed E-state index contributed by atoms with van der Waals surface area (Å²) in [5.41, 5.74) is -1.80. The van der Waals surface area contributed by atoms with E-state index in [9.17, 15) is 22.4 Å². The number of rotatable bonds is 2. The summed E-state index contributed by atoms with van der Waals surface area (Å²) in [7, 11) is 0. The van der Waals surface area contributed by atoms with Crippen LogP contribution in [0.4, 0.5) is 17.6 Å². The lowest BCUT2D eigenvalue weighted by molar-refractivity contribution is -0.140. The van der Waals surface area contributed by atoms with Crippen LogP contribution in [0.2, 0.25) is 0 Å². The van der Waals surface area contributed by atoms with E-state index < -0.39 is 23.3 Å². The fraction of sp³-hybridized carbons (Fsp3) is 0.154. The molecular formula is C13H8F4N2O. The van der Waals surface area contributed by atoms with E-state index in [1.54, 1.807) is 6.92 Å². The van der Waals surface area contributed by atoms with Gasteiger partial charge in [0.1, 0.15) is 17.3 Å². The van der Waals surface area contributed by atoms with E-state index >= 15 is 0 Å². The number of hydrogen-bond donors (Lipinski definition) is 0. The van der Waals surface area contributed by atoms with Crippen LogP contribution in [0.25, 0.3) is 0 Å². The first kappa shape index (κ1) is 14.1. The number of hydrogen-bond acceptors (Lipinski definition) is 3. The van der Waals surface area contributed by atoms with Crippen LogP contribution in [0.15, 0.2) is 30.5 Å². The van der Waals surface area contributed by atoms with Gasteiger partial charge in [0.05, 0.1) is 5.56 Å². The molecule has 0 bridgehead atoms. The predicted octanol–water partition coefficient (Wildman–Crippen LogP) is 3.17. The smallest absolute Gasteiger partial charge is 0.287 e. The molecular weight excluding hydrogens is 276 g/mol. The monoisotopic (exact) mass is 284 g/mol. The second-order valence-electron chi connectivity index (χ2n) is 4.01. The van der Waals surface area contributed by atoms with E-state index in [-0.39, 0.29) is 11.3 Å². The van der Waals surface area contributed by atoms with Gasteiger partial charge in [-0.15, -0.1) is 0 Å². The van der Waals surface area contributed by atoms with Crippen LogP contribution in [-0.2, 0) is 6.18 Å². The van der Waals surface area contributed by atoms with Crippen molar-refractivity contribution < 1.29 is 22.4 Å². The minimum Gasteiger partial charge on any atom is -0.287 e. The molecule has 1 aromatic heterocycles. The Hall–Kier alpha value is -2.31. The zero-order chi connectivity index (χ0) is 14.9. The third-order valence-corrected chi connectivity index (χ3v) is 2.54. The average Bonchev–Trinajstić information content (AvgIpc) is 2.37. The number of alkyl halides is 3. The highest BCUT2D eigenvalue weighted by Gasteiger charge is 2.34. The molecule has 104 valence electrons. The van der Waals surface area contributed by atoms with E-state index in [1.807, 2.05) is 0 Å². The minimum atomic E-state index is -4.86. The van der Waals surface area contributed by atoms with Crippen molar-refractivity contribution in [3.8, 4) is 0 Å². The summed E-state index contributed by atoms with van der Waals surface area (Å²) in [5.74, 6) is -1.83. The Labute approximate surface area is 111 Å². The Balaban J connectivity index is 2.46. The number of aryl methyl sites for hydroxylation is 1. The van der Waals surface area contributed by atoms with E-state index in [4.69, 9.17) is 0 Å². The molecule has 0 atom stereocenters. The quantitative estimate of drug-likeness (QED) is 0.628. The third kappa shape index (κ3) is 2.81. The van der Waals surface area contributed by atoms with Crippen molar-refractivity contribution in [2.45, 2.75) is 13.1 Å². The minimum absolute atomic E-state index is 0.0442. The molecule has 0 saturated heterocycles. The van der Waals surface area contributed by atoms with Gasteiger partial charge < -0.3 is 0 Å². The van der Waals surface area contributed by atoms with Gasteiger partial charge in [0.25, 0.3) is 0 Å². The number of aromatic nitrogens is 2. The van der Waals surface area contributed by atoms with E-state index in [0.717, 1.165) is 6.07 Å². The molecule has 0 aliphatic carbocycles. The van der Waals surface area contributed by atoms with Gasteiger partial charge in [-0.25, -0.2) is 14.4 Å². The zero-order valence-electron chi connectivity index (χ0n) is 10.2. The summed E-state index contributed by atoms with van der Waals surface area (Å²) in [5, 5.41) is 0. The molecule has 3 nitrogen and oxygen atoms in total. The van der Waals surface area contributed by atoms with Gasteiger partial charge in [0, 0.05) is 11.8 Å². The summed E-state index contributed by atoms with van der Waals surface area (Å²) < 4.78 is 50.9. The molecule has 0 unspecified atom stereocenters. The van der Waals surface area contributed by atoms with Crippen LogP contribution < -0.4 is 0 Å². The maximum Gasteiger partial charge on any atom is 0.419 e. The van der Waals surface area contributed by atoms with Crippen LogP contribution in [0.5, 0.6) is 0 Å². The van der Waals surface area contributed by atoms with Gasteiger partial charge in [-0.2, -0.15) is 13.2 Å². The van der Waals surface area contributed by atoms with Crippen LogP contribution >= 0.6 is 0 Å². The largest absolute Gasteiger partial charge is 0.419 e. The van der Waals surface area contributed by atoms with Crippen LogP contribution in [-0.4, -0.2) is 15.8 Å². The SMILES string of the molecule is Cc1nccc(C(=O)c2ccc(F)c(C(F)(F)F)c2)n1. The van der Waals surface area contributed by atoms with Crippen molar-refractivity contribution in [2.75, 3.05) is 0 Å². The number of ketones is 1. The molecule has 7 heteroatoms. The maximum absolute atomic E-state index is 13.1. The topological polar surface area (TPSA) is 42.9 Å². The normalized spacial score (nSPS) is 11.4. The second kappa shape index (κ2) is 4.99. The van der Waals surface area contributed by atoms with Gasteiger partial charge in [-0.05, 0) is 31.2 Å². The lowest BCUT2D eigenvalue weighted by Gasteiger charge is -2.09. The van der Waals surface area contributed by atoms with Crippen molar-refractivity contribution in [3.63, 3.8) is 0 Å². The lowest BCUT2D eigenvalue weighted by Crippen LogP contribution is -2.12. The van der Waals surface area contributed by atoms with Crippen LogP contribution in [0.3, 0.4) is 0 Å². The van der Waals surface area contributed by atoms with Crippen molar-refractivity contribution >= 4 is 5.78 Å². The molecule has 0 radical (unpaired) electrons. The van der Waals surface area contributed by atoms with Gasteiger partial charge in [-0.3, -0.25) is 4.79 Å². The lowest BCUT2D eigenvalue weighted by atomic mass is 10.0. The molecule has 2 aromatic rings. The summed E-state index contributed by atoms with van der Waals surface area (Å²) in [6.07, 6.45) is -3.54. The highest BCUT2D eigenvalue weighted by atomic mass is 19.4. The Morgan fingerprint density at radius 2 is 1.90 bits per heavy atom. The zero-order valence-corrected chi connectivity index (χ0v) is 10.2. The molecule has 0 aliphatic rings. The summed E-state index contributed by atoms with van der Waals surface area (Å²) in [6.45, 7) is 1.54. The number of carbonyl (C=O) groups excluding carboxylic acids is 1. The van der Waals surface area contributed by atoms with Crippen LogP contribution in [0, 0.1) is 12.7 Å². The number of carbonyl (C=O) groups is 1. The first-order chi connectivity index (χ1) is 9.29. The van der Waals surface area contributed by atoms with E-state index in [0.29, 0.717) is 18.0 Å². The molecule has 0 amide bonds. The first-order valence-electron chi connectivity index (χ1n) is 5.50. The Morgan fingerprint density at radius 1 is 1.20 bits per heavy atom. The van der Waals surface area contributed by atoms with E-state index in [2.05, 4.69) is 9.97 Å². The molecule has 20 heavy (non-hydrogen) atoms. The second-order valence-corrected chi connectivity index (χ2v) is 4.01. The first-order valence-corrected chi connectivity index (χ1v) is 5.50. The Bertz CT molecular complexity index is 668. The fourth-order valence-corrected chi connectivity index (χ4v) is 1.61. The molecule has 0 N–H and O–H groups in total. The predicted molar refractivity (Wildman–Crippen MR) is 61.6 cm³/mol. The van der Waals surface area contributed by atoms with Crippen molar-refractivity contribution in [1.29, 1.82) is 0 Å². The average molecular weight is 284 g/mol. The third-order valence-electron chi connectivity index (χ3n) is 2.54. The molecule has 0 aliphatic heterocycles. The maximum atomic E-state index is 13.1. The highest BCUT2D eigenvalue weighted by molar-refractivity contribution is 6.07. The summed E-state index contributed by atoms with van der Waals surface area (Å²) in [6, 6.07) is 3.37. The summed E-state index contributed by atoms with van der Waals surface area (Å²) in [4.78, 5) is 19.6. The van der Waals surface area contributed by atoms with Gasteiger partial charge in [0.15, 0.2) is 0 Å². The molecule has 0 saturated carbocycles. The Morgan fingerprint density at radius 3 is 2.50 bits per heavy atom. The molecule has 0 fully saturated rings. The molecule has 2 rings (SSSR count). The number of benzene rings is 1. The molecule has 0 spiro atoms. The standard InChI is InChI=1S/C13H8F4N2O/c1-7-18-5-4-11(19-7)12(20)8-2-3-10(14)9(6-8)13(15,16)17/h2-6H,1H3. The number of halogens is 4. The summed E-state index contributed by atoms with van der Waals surface area (Å²) >= 11 is 0. The Kier molecular flexibility index (Phi) is 3.52. The van der Waals surface area contributed by atoms with Gasteiger partial charge in [0.2, 0.25) is 5.78 Å². The van der Waals surface area contributed by atoms with E-state index in [1.165, 1.54) is 12.3 Å². The highest BCUT2D eigenvalue weighted by Crippen LogP contribution is 2.32. The van der Waals surface area contributed by atoms with Crippen molar-refractivity contribution in [1.82, 2.24) is 9.97 Å². The number of nitrogens with zero attached hydrogens (tertiary/aromatic N) is 2. The fourth-order valence-electron chi connectivity index (χ4n) is 1.61. The van der Waals surface area contributed by atoms with Crippen LogP contribution in [0.1, 0.15) is 27.4 Å². The van der Waals surface area contributed by atoms with Gasteiger partial charge in [-0.1, -0.05) is 0 Å².